The molecule has 0 fully saturated rings. The van der Waals surface area contributed by atoms with Crippen LogP contribution in [-0.4, -0.2) is 29.6 Å². The molecule has 0 aliphatic rings. The van der Waals surface area contributed by atoms with E-state index in [0.29, 0.717) is 27.8 Å². The van der Waals surface area contributed by atoms with E-state index in [1.165, 1.54) is 7.05 Å². The van der Waals surface area contributed by atoms with Gasteiger partial charge in [-0.25, -0.2) is 14.3 Å². The van der Waals surface area contributed by atoms with Gasteiger partial charge >= 0.3 is 5.69 Å². The summed E-state index contributed by atoms with van der Waals surface area (Å²) in [6.07, 6.45) is 1.76. The van der Waals surface area contributed by atoms with Crippen LogP contribution < -0.4 is 10.4 Å². The normalized spacial score (nSPS) is 10.7. The zero-order chi connectivity index (χ0) is 20.4. The third-order valence-corrected chi connectivity index (χ3v) is 4.47. The molecule has 0 bridgehead atoms. The van der Waals surface area contributed by atoms with Gasteiger partial charge in [-0.15, -0.1) is 5.10 Å². The molecule has 0 saturated heterocycles. The van der Waals surface area contributed by atoms with Crippen LogP contribution in [0.15, 0.2) is 59.5 Å². The van der Waals surface area contributed by atoms with Gasteiger partial charge in [0.25, 0.3) is 0 Å². The molecule has 0 radical (unpaired) electrons. The molecule has 2 heterocycles. The molecule has 29 heavy (non-hydrogen) atoms. The van der Waals surface area contributed by atoms with E-state index in [2.05, 4.69) is 20.4 Å². The monoisotopic (exact) mass is 407 g/mol. The van der Waals surface area contributed by atoms with Gasteiger partial charge in [-0.3, -0.25) is 0 Å². The highest BCUT2D eigenvalue weighted by Crippen LogP contribution is 2.26. The molecule has 2 aromatic heterocycles. The lowest BCUT2D eigenvalue weighted by molar-refractivity contribution is 0.292. The van der Waals surface area contributed by atoms with E-state index in [1.54, 1.807) is 47.3 Å². The zero-order valence-electron chi connectivity index (χ0n) is 15.2. The molecule has 4 rings (SSSR count). The molecule has 10 heteroatoms. The minimum atomic E-state index is -0.416. The SMILES string of the molecule is [C-]#[N+]c1cccc(-n2nnn(C)c2=O)c1COc1ccn(-c2ccc(Cl)cc2)n1. The first-order valence-corrected chi connectivity index (χ1v) is 8.88. The predicted octanol–water partition coefficient (Wildman–Crippen LogP) is 2.93. The first-order valence-electron chi connectivity index (χ1n) is 8.50. The number of hydrogen-bond acceptors (Lipinski definition) is 5. The Balaban J connectivity index is 1.62. The number of tetrazole rings is 1. The van der Waals surface area contributed by atoms with Crippen LogP contribution in [-0.2, 0) is 13.7 Å². The summed E-state index contributed by atoms with van der Waals surface area (Å²) in [6.45, 7) is 7.47. The van der Waals surface area contributed by atoms with Crippen molar-refractivity contribution in [3.05, 3.63) is 87.2 Å². The highest BCUT2D eigenvalue weighted by atomic mass is 35.5. The minimum absolute atomic E-state index is 0.0362. The summed E-state index contributed by atoms with van der Waals surface area (Å²) < 4.78 is 9.70. The van der Waals surface area contributed by atoms with E-state index < -0.39 is 5.69 Å². The van der Waals surface area contributed by atoms with Gasteiger partial charge in [-0.2, -0.15) is 9.36 Å². The van der Waals surface area contributed by atoms with Gasteiger partial charge in [0.15, 0.2) is 5.69 Å². The van der Waals surface area contributed by atoms with Crippen molar-refractivity contribution in [2.45, 2.75) is 6.61 Å². The van der Waals surface area contributed by atoms with Crippen molar-refractivity contribution < 1.29 is 4.74 Å². The maximum atomic E-state index is 12.2. The van der Waals surface area contributed by atoms with Crippen LogP contribution in [0.5, 0.6) is 5.88 Å². The van der Waals surface area contributed by atoms with E-state index in [0.717, 1.165) is 15.1 Å². The fourth-order valence-corrected chi connectivity index (χ4v) is 2.87. The maximum Gasteiger partial charge on any atom is 0.368 e. The molecular weight excluding hydrogens is 394 g/mol. The predicted molar refractivity (Wildman–Crippen MR) is 106 cm³/mol. The summed E-state index contributed by atoms with van der Waals surface area (Å²) >= 11 is 5.91. The van der Waals surface area contributed by atoms with E-state index >= 15 is 0 Å². The van der Waals surface area contributed by atoms with E-state index in [-0.39, 0.29) is 6.61 Å². The summed E-state index contributed by atoms with van der Waals surface area (Å²) in [6, 6.07) is 14.0. The first kappa shape index (κ1) is 18.5. The molecule has 0 aliphatic carbocycles. The van der Waals surface area contributed by atoms with Crippen LogP contribution in [0, 0.1) is 6.57 Å². The molecule has 0 aliphatic heterocycles. The van der Waals surface area contributed by atoms with Crippen LogP contribution in [0.25, 0.3) is 16.2 Å². The number of ether oxygens (including phenoxy) is 1. The Morgan fingerprint density at radius 3 is 2.62 bits per heavy atom. The van der Waals surface area contributed by atoms with Crippen LogP contribution >= 0.6 is 11.6 Å². The van der Waals surface area contributed by atoms with Gasteiger partial charge in [0.2, 0.25) is 5.88 Å². The largest absolute Gasteiger partial charge is 0.473 e. The van der Waals surface area contributed by atoms with Crippen LogP contribution in [0.3, 0.4) is 0 Å². The van der Waals surface area contributed by atoms with Gasteiger partial charge in [0.05, 0.1) is 17.9 Å². The second-order valence-electron chi connectivity index (χ2n) is 6.05. The van der Waals surface area contributed by atoms with Crippen LogP contribution in [0.4, 0.5) is 5.69 Å². The highest BCUT2D eigenvalue weighted by molar-refractivity contribution is 6.30. The van der Waals surface area contributed by atoms with Gasteiger partial charge in [-0.1, -0.05) is 23.7 Å². The summed E-state index contributed by atoms with van der Waals surface area (Å²) in [5.41, 5.74) is 1.73. The summed E-state index contributed by atoms with van der Waals surface area (Å²) in [7, 11) is 1.50. The number of benzene rings is 2. The molecule has 0 saturated carbocycles. The Hall–Kier alpha value is -3.90. The van der Waals surface area contributed by atoms with Gasteiger partial charge in [0, 0.05) is 29.9 Å². The van der Waals surface area contributed by atoms with Crippen LogP contribution in [0.2, 0.25) is 5.02 Å². The molecule has 9 nitrogen and oxygen atoms in total. The fourth-order valence-electron chi connectivity index (χ4n) is 2.75. The van der Waals surface area contributed by atoms with Gasteiger partial charge < -0.3 is 4.74 Å². The third-order valence-electron chi connectivity index (χ3n) is 4.22. The number of aryl methyl sites for hydroxylation is 1. The average molecular weight is 408 g/mol. The maximum absolute atomic E-state index is 12.2. The summed E-state index contributed by atoms with van der Waals surface area (Å²) in [4.78, 5) is 15.8. The van der Waals surface area contributed by atoms with Crippen LogP contribution in [0.1, 0.15) is 5.56 Å². The number of hydrogen-bond donors (Lipinski definition) is 0. The highest BCUT2D eigenvalue weighted by Gasteiger charge is 2.15. The van der Waals surface area contributed by atoms with E-state index in [1.807, 2.05) is 12.1 Å². The van der Waals surface area contributed by atoms with E-state index in [4.69, 9.17) is 22.9 Å². The standard InChI is InChI=1S/C19H14ClN7O2/c1-21-16-4-3-5-17(27-19(28)25(2)23-24-27)15(16)12-29-18-10-11-26(22-18)14-8-6-13(20)7-9-14/h3-11H,12H2,2H3. The Morgan fingerprint density at radius 2 is 1.93 bits per heavy atom. The summed E-state index contributed by atoms with van der Waals surface area (Å²) in [5.74, 6) is 0.372. The molecule has 4 aromatic rings. The Bertz CT molecular complexity index is 1260. The molecule has 0 atom stereocenters. The molecule has 0 spiro atoms. The quantitative estimate of drug-likeness (QED) is 0.475. The van der Waals surface area contributed by atoms with Crippen molar-refractivity contribution in [3.63, 3.8) is 0 Å². The molecule has 144 valence electrons. The van der Waals surface area contributed by atoms with Gasteiger partial charge in [-0.05, 0) is 40.8 Å². The van der Waals surface area contributed by atoms with Crippen molar-refractivity contribution in [1.29, 1.82) is 0 Å². The Kier molecular flexibility index (Phi) is 4.85. The lowest BCUT2D eigenvalue weighted by Gasteiger charge is -2.10. The summed E-state index contributed by atoms with van der Waals surface area (Å²) in [5, 5.41) is 12.6. The Morgan fingerprint density at radius 1 is 1.14 bits per heavy atom. The van der Waals surface area contributed by atoms with Gasteiger partial charge in [0.1, 0.15) is 6.61 Å². The van der Waals surface area contributed by atoms with Crippen molar-refractivity contribution in [2.75, 3.05) is 0 Å². The second-order valence-corrected chi connectivity index (χ2v) is 6.48. The molecule has 0 N–H and O–H groups in total. The number of halogens is 1. The fraction of sp³-hybridized carbons (Fsp3) is 0.105. The number of rotatable bonds is 5. The topological polar surface area (TPSA) is 84.1 Å². The smallest absolute Gasteiger partial charge is 0.368 e. The first-order chi connectivity index (χ1) is 14.1. The lowest BCUT2D eigenvalue weighted by Crippen LogP contribution is -2.23. The van der Waals surface area contributed by atoms with Crippen molar-refractivity contribution in [3.8, 4) is 17.3 Å². The van der Waals surface area contributed by atoms with Crippen molar-refractivity contribution in [1.82, 2.24) is 29.6 Å². The molecule has 0 amide bonds. The molecule has 2 aromatic carbocycles. The number of nitrogens with zero attached hydrogens (tertiary/aromatic N) is 7. The third kappa shape index (κ3) is 3.61. The average Bonchev–Trinajstić information content (AvgIpc) is 3.34. The lowest BCUT2D eigenvalue weighted by atomic mass is 10.1. The number of aromatic nitrogens is 6. The Labute approximate surface area is 170 Å². The van der Waals surface area contributed by atoms with Crippen molar-refractivity contribution in [2.24, 2.45) is 7.05 Å². The second kappa shape index (κ2) is 7.61. The molecule has 0 unspecified atom stereocenters. The zero-order valence-corrected chi connectivity index (χ0v) is 16.0. The minimum Gasteiger partial charge on any atom is -0.473 e. The van der Waals surface area contributed by atoms with E-state index in [9.17, 15) is 4.79 Å². The molecular formula is C19H14ClN7O2. The van der Waals surface area contributed by atoms with Crippen molar-refractivity contribution >= 4 is 17.3 Å².